The van der Waals surface area contributed by atoms with E-state index >= 15 is 0 Å². The molecule has 2 saturated heterocycles. The molecule has 0 bridgehead atoms. The standard InChI is InChI=1S/C25H26N2O4/c1-17-8-10-18(11-9-17)22-15-26-23(31-22)20-6-2-3-7-21(20)24(28)27-12-4-5-19(16-27)25-29-13-14-30-25/h2-3,6-11,15,19,25H,4-5,12-14,16H2,1H3. The summed E-state index contributed by atoms with van der Waals surface area (Å²) < 4.78 is 17.4. The zero-order chi connectivity index (χ0) is 21.2. The van der Waals surface area contributed by atoms with Crippen LogP contribution < -0.4 is 0 Å². The zero-order valence-corrected chi connectivity index (χ0v) is 17.6. The number of rotatable bonds is 4. The molecule has 0 N–H and O–H groups in total. The Morgan fingerprint density at radius 2 is 1.84 bits per heavy atom. The zero-order valence-electron chi connectivity index (χ0n) is 17.6. The van der Waals surface area contributed by atoms with E-state index in [1.54, 1.807) is 6.20 Å². The smallest absolute Gasteiger partial charge is 0.254 e. The summed E-state index contributed by atoms with van der Waals surface area (Å²) in [7, 11) is 0. The molecule has 0 spiro atoms. The van der Waals surface area contributed by atoms with Crippen molar-refractivity contribution in [2.24, 2.45) is 5.92 Å². The number of aryl methyl sites for hydroxylation is 1. The van der Waals surface area contributed by atoms with Crippen LogP contribution in [0.2, 0.25) is 0 Å². The molecule has 160 valence electrons. The third-order valence-electron chi connectivity index (χ3n) is 6.01. The Kier molecular flexibility index (Phi) is 5.57. The molecule has 2 aliphatic rings. The van der Waals surface area contributed by atoms with Crippen LogP contribution in [0.25, 0.3) is 22.8 Å². The minimum absolute atomic E-state index is 0.00613. The van der Waals surface area contributed by atoms with Crippen molar-refractivity contribution in [2.75, 3.05) is 26.3 Å². The summed E-state index contributed by atoms with van der Waals surface area (Å²) in [4.78, 5) is 19.8. The van der Waals surface area contributed by atoms with Crippen LogP contribution in [0.1, 0.15) is 28.8 Å². The Balaban J connectivity index is 1.39. The van der Waals surface area contributed by atoms with Crippen LogP contribution >= 0.6 is 0 Å². The van der Waals surface area contributed by atoms with Crippen molar-refractivity contribution in [3.63, 3.8) is 0 Å². The number of hydrogen-bond acceptors (Lipinski definition) is 5. The molecule has 0 saturated carbocycles. The van der Waals surface area contributed by atoms with Crippen LogP contribution in [0.3, 0.4) is 0 Å². The molecule has 1 amide bonds. The van der Waals surface area contributed by atoms with Gasteiger partial charge in [-0.2, -0.15) is 0 Å². The fourth-order valence-corrected chi connectivity index (χ4v) is 4.34. The van der Waals surface area contributed by atoms with E-state index in [-0.39, 0.29) is 18.1 Å². The van der Waals surface area contributed by atoms with Gasteiger partial charge in [-0.25, -0.2) is 4.98 Å². The predicted octanol–water partition coefficient (Wildman–Crippen LogP) is 4.54. The normalized spacial score (nSPS) is 19.6. The summed E-state index contributed by atoms with van der Waals surface area (Å²) in [5, 5.41) is 0. The second-order valence-corrected chi connectivity index (χ2v) is 8.20. The third kappa shape index (κ3) is 4.13. The molecule has 3 aromatic rings. The highest BCUT2D eigenvalue weighted by Gasteiger charge is 2.33. The number of carbonyl (C=O) groups is 1. The Labute approximate surface area is 181 Å². The molecule has 2 aromatic carbocycles. The molecular weight excluding hydrogens is 392 g/mol. The Morgan fingerprint density at radius 1 is 1.06 bits per heavy atom. The van der Waals surface area contributed by atoms with Gasteiger partial charge >= 0.3 is 0 Å². The van der Waals surface area contributed by atoms with E-state index in [0.29, 0.717) is 42.5 Å². The van der Waals surface area contributed by atoms with Crippen LogP contribution in [0.15, 0.2) is 59.1 Å². The monoisotopic (exact) mass is 418 g/mol. The first-order valence-electron chi connectivity index (χ1n) is 10.8. The summed E-state index contributed by atoms with van der Waals surface area (Å²) in [5.74, 6) is 1.34. The van der Waals surface area contributed by atoms with E-state index in [1.807, 2.05) is 60.4 Å². The van der Waals surface area contributed by atoms with Gasteiger partial charge in [0.15, 0.2) is 12.1 Å². The Bertz CT molecular complexity index is 1050. The number of amides is 1. The van der Waals surface area contributed by atoms with Crippen molar-refractivity contribution < 1.29 is 18.7 Å². The minimum atomic E-state index is -0.199. The fraction of sp³-hybridized carbons (Fsp3) is 0.360. The van der Waals surface area contributed by atoms with Crippen LogP contribution in [0.4, 0.5) is 0 Å². The lowest BCUT2D eigenvalue weighted by Crippen LogP contribution is -2.44. The van der Waals surface area contributed by atoms with Gasteiger partial charge in [-0.05, 0) is 31.9 Å². The van der Waals surface area contributed by atoms with E-state index in [2.05, 4.69) is 4.98 Å². The average molecular weight is 418 g/mol. The lowest BCUT2D eigenvalue weighted by molar-refractivity contribution is -0.0969. The van der Waals surface area contributed by atoms with Gasteiger partial charge in [-0.3, -0.25) is 4.79 Å². The molecule has 1 unspecified atom stereocenters. The molecule has 1 atom stereocenters. The number of aromatic nitrogens is 1. The highest BCUT2D eigenvalue weighted by atomic mass is 16.7. The number of carbonyl (C=O) groups excluding carboxylic acids is 1. The van der Waals surface area contributed by atoms with Crippen molar-refractivity contribution in [1.82, 2.24) is 9.88 Å². The van der Waals surface area contributed by atoms with Gasteiger partial charge in [-0.1, -0.05) is 42.0 Å². The maximum Gasteiger partial charge on any atom is 0.254 e. The van der Waals surface area contributed by atoms with Crippen LogP contribution in [0.5, 0.6) is 0 Å². The first-order valence-corrected chi connectivity index (χ1v) is 10.8. The number of likely N-dealkylation sites (tertiary alicyclic amines) is 1. The first-order chi connectivity index (χ1) is 15.2. The maximum absolute atomic E-state index is 13.4. The van der Waals surface area contributed by atoms with E-state index in [0.717, 1.165) is 24.9 Å². The quantitative estimate of drug-likeness (QED) is 0.622. The van der Waals surface area contributed by atoms with Gasteiger partial charge in [0.05, 0.1) is 25.0 Å². The topological polar surface area (TPSA) is 64.8 Å². The summed E-state index contributed by atoms with van der Waals surface area (Å²) in [6.07, 6.45) is 3.47. The van der Waals surface area contributed by atoms with E-state index in [4.69, 9.17) is 13.9 Å². The molecule has 2 aliphatic heterocycles. The number of nitrogens with zero attached hydrogens (tertiary/aromatic N) is 2. The van der Waals surface area contributed by atoms with Gasteiger partial charge in [-0.15, -0.1) is 0 Å². The van der Waals surface area contributed by atoms with Crippen molar-refractivity contribution in [1.29, 1.82) is 0 Å². The summed E-state index contributed by atoms with van der Waals surface area (Å²) in [5.41, 5.74) is 3.46. The van der Waals surface area contributed by atoms with Crippen molar-refractivity contribution >= 4 is 5.91 Å². The van der Waals surface area contributed by atoms with Crippen LogP contribution in [-0.4, -0.2) is 48.4 Å². The number of benzene rings is 2. The van der Waals surface area contributed by atoms with E-state index in [9.17, 15) is 4.79 Å². The van der Waals surface area contributed by atoms with Gasteiger partial charge in [0.2, 0.25) is 5.89 Å². The molecule has 1 aromatic heterocycles. The van der Waals surface area contributed by atoms with E-state index in [1.165, 1.54) is 5.56 Å². The first kappa shape index (κ1) is 20.0. The van der Waals surface area contributed by atoms with Crippen molar-refractivity contribution in [2.45, 2.75) is 26.1 Å². The number of oxazole rings is 1. The lowest BCUT2D eigenvalue weighted by Gasteiger charge is -2.35. The molecule has 3 heterocycles. The lowest BCUT2D eigenvalue weighted by atomic mass is 9.96. The third-order valence-corrected chi connectivity index (χ3v) is 6.01. The highest BCUT2D eigenvalue weighted by molar-refractivity contribution is 6.00. The van der Waals surface area contributed by atoms with E-state index < -0.39 is 0 Å². The number of piperidine rings is 1. The second kappa shape index (κ2) is 8.65. The van der Waals surface area contributed by atoms with Crippen molar-refractivity contribution in [3.05, 3.63) is 65.9 Å². The van der Waals surface area contributed by atoms with Crippen LogP contribution in [-0.2, 0) is 9.47 Å². The number of ether oxygens (including phenoxy) is 2. The molecule has 2 fully saturated rings. The molecule has 6 nitrogen and oxygen atoms in total. The highest BCUT2D eigenvalue weighted by Crippen LogP contribution is 2.31. The largest absolute Gasteiger partial charge is 0.436 e. The second-order valence-electron chi connectivity index (χ2n) is 8.20. The van der Waals surface area contributed by atoms with Gasteiger partial charge in [0.1, 0.15) is 0 Å². The molecule has 0 radical (unpaired) electrons. The minimum Gasteiger partial charge on any atom is -0.436 e. The predicted molar refractivity (Wildman–Crippen MR) is 116 cm³/mol. The molecule has 0 aliphatic carbocycles. The summed E-state index contributed by atoms with van der Waals surface area (Å²) in [6.45, 7) is 4.68. The SMILES string of the molecule is Cc1ccc(-c2cnc(-c3ccccc3C(=O)N3CCCC(C4OCCO4)C3)o2)cc1. The maximum atomic E-state index is 13.4. The molecular formula is C25H26N2O4. The fourth-order valence-electron chi connectivity index (χ4n) is 4.34. The number of hydrogen-bond donors (Lipinski definition) is 0. The molecule has 31 heavy (non-hydrogen) atoms. The average Bonchev–Trinajstić information content (AvgIpc) is 3.52. The summed E-state index contributed by atoms with van der Waals surface area (Å²) in [6, 6.07) is 15.6. The van der Waals surface area contributed by atoms with Gasteiger partial charge < -0.3 is 18.8 Å². The summed E-state index contributed by atoms with van der Waals surface area (Å²) >= 11 is 0. The van der Waals surface area contributed by atoms with Crippen molar-refractivity contribution in [3.8, 4) is 22.8 Å². The van der Waals surface area contributed by atoms with Gasteiger partial charge in [0.25, 0.3) is 5.91 Å². The molecule has 5 rings (SSSR count). The van der Waals surface area contributed by atoms with Gasteiger partial charge in [0, 0.05) is 30.1 Å². The molecule has 6 heteroatoms. The Hall–Kier alpha value is -2.96. The Morgan fingerprint density at radius 3 is 2.65 bits per heavy atom. The van der Waals surface area contributed by atoms with Crippen LogP contribution in [0, 0.1) is 12.8 Å².